The highest BCUT2D eigenvalue weighted by molar-refractivity contribution is 7.90. The summed E-state index contributed by atoms with van der Waals surface area (Å²) in [5.74, 6) is 0. The monoisotopic (exact) mass is 341 g/mol. The van der Waals surface area contributed by atoms with Gasteiger partial charge in [0.1, 0.15) is 0 Å². The maximum atomic E-state index is 12.0. The molecule has 0 unspecified atom stereocenters. The summed E-state index contributed by atoms with van der Waals surface area (Å²) in [6, 6.07) is 0. The zero-order valence-electron chi connectivity index (χ0n) is 14.3. The average molecular weight is 341 g/mol. The zero-order chi connectivity index (χ0) is 17.0. The summed E-state index contributed by atoms with van der Waals surface area (Å²) >= 11 is 0. The number of imidazole rings is 1. The standard InChI is InChI=1S/C16H27N3O3S/c1-5-18(10-13(2)3)11-14-9-17-16(23(4,20)21)19(14)12-15-7-6-8-22-15/h9,15H,2,5-8,10-12H2,1,3-4H3/t15-/m1/s1. The number of aromatic nitrogens is 2. The first-order valence-corrected chi connectivity index (χ1v) is 9.93. The summed E-state index contributed by atoms with van der Waals surface area (Å²) in [6.07, 6.45) is 4.94. The third kappa shape index (κ3) is 4.89. The van der Waals surface area contributed by atoms with E-state index in [0.29, 0.717) is 13.1 Å². The molecule has 0 bridgehead atoms. The molecule has 1 aliphatic heterocycles. The van der Waals surface area contributed by atoms with Crippen molar-refractivity contribution in [2.24, 2.45) is 0 Å². The number of nitrogens with zero attached hydrogens (tertiary/aromatic N) is 3. The van der Waals surface area contributed by atoms with E-state index >= 15 is 0 Å². The van der Waals surface area contributed by atoms with Crippen molar-refractivity contribution in [1.82, 2.24) is 14.5 Å². The predicted octanol–water partition coefficient (Wildman–Crippen LogP) is 1.86. The van der Waals surface area contributed by atoms with Crippen LogP contribution >= 0.6 is 0 Å². The van der Waals surface area contributed by atoms with Gasteiger partial charge in [-0.2, -0.15) is 0 Å². The van der Waals surface area contributed by atoms with Crippen molar-refractivity contribution in [2.75, 3.05) is 26.0 Å². The molecule has 2 rings (SSSR count). The molecule has 0 saturated carbocycles. The number of rotatable bonds is 8. The van der Waals surface area contributed by atoms with Crippen molar-refractivity contribution >= 4 is 9.84 Å². The zero-order valence-corrected chi connectivity index (χ0v) is 15.1. The van der Waals surface area contributed by atoms with Gasteiger partial charge in [0.2, 0.25) is 15.0 Å². The van der Waals surface area contributed by atoms with Crippen molar-refractivity contribution in [3.63, 3.8) is 0 Å². The minimum atomic E-state index is -3.36. The fraction of sp³-hybridized carbons (Fsp3) is 0.688. The fourth-order valence-corrected chi connectivity index (χ4v) is 3.73. The number of ether oxygens (including phenoxy) is 1. The van der Waals surface area contributed by atoms with Crippen LogP contribution in [0.25, 0.3) is 0 Å². The molecule has 7 heteroatoms. The van der Waals surface area contributed by atoms with Crippen molar-refractivity contribution in [2.45, 2.75) is 51.0 Å². The maximum Gasteiger partial charge on any atom is 0.227 e. The summed E-state index contributed by atoms with van der Waals surface area (Å²) in [6.45, 7) is 11.6. The molecule has 0 N–H and O–H groups in total. The van der Waals surface area contributed by atoms with Crippen LogP contribution in [0.2, 0.25) is 0 Å². The van der Waals surface area contributed by atoms with Crippen LogP contribution in [-0.2, 0) is 27.7 Å². The van der Waals surface area contributed by atoms with Gasteiger partial charge in [0.05, 0.1) is 24.5 Å². The Balaban J connectivity index is 2.27. The molecule has 0 aromatic carbocycles. The van der Waals surface area contributed by atoms with Gasteiger partial charge in [-0.25, -0.2) is 13.4 Å². The number of likely N-dealkylation sites (N-methyl/N-ethyl adjacent to an activating group) is 1. The molecule has 130 valence electrons. The summed E-state index contributed by atoms with van der Waals surface area (Å²) in [4.78, 5) is 6.39. The molecule has 1 fully saturated rings. The Hall–Kier alpha value is -1.18. The van der Waals surface area contributed by atoms with Crippen molar-refractivity contribution in [3.05, 3.63) is 24.0 Å². The Labute approximate surface area is 139 Å². The second-order valence-corrected chi connectivity index (χ2v) is 8.22. The lowest BCUT2D eigenvalue weighted by atomic mass is 10.2. The second kappa shape index (κ2) is 7.59. The molecule has 0 spiro atoms. The van der Waals surface area contributed by atoms with Gasteiger partial charge in [0, 0.05) is 26.0 Å². The van der Waals surface area contributed by atoms with Crippen LogP contribution in [0.5, 0.6) is 0 Å². The minimum absolute atomic E-state index is 0.0691. The molecule has 23 heavy (non-hydrogen) atoms. The van der Waals surface area contributed by atoms with Crippen LogP contribution < -0.4 is 0 Å². The third-order valence-corrected chi connectivity index (χ3v) is 4.96. The molecule has 1 aromatic heterocycles. The largest absolute Gasteiger partial charge is 0.376 e. The van der Waals surface area contributed by atoms with E-state index in [-0.39, 0.29) is 11.3 Å². The molecule has 2 heterocycles. The van der Waals surface area contributed by atoms with E-state index in [1.165, 1.54) is 6.26 Å². The molecule has 0 aliphatic carbocycles. The predicted molar refractivity (Wildman–Crippen MR) is 90.1 cm³/mol. The van der Waals surface area contributed by atoms with Gasteiger partial charge in [0.15, 0.2) is 0 Å². The normalized spacial score (nSPS) is 18.7. The van der Waals surface area contributed by atoms with Crippen molar-refractivity contribution in [3.8, 4) is 0 Å². The first-order chi connectivity index (χ1) is 10.8. The topological polar surface area (TPSA) is 64.4 Å². The highest BCUT2D eigenvalue weighted by Gasteiger charge is 2.24. The Morgan fingerprint density at radius 3 is 2.83 bits per heavy atom. The van der Waals surface area contributed by atoms with Crippen molar-refractivity contribution in [1.29, 1.82) is 0 Å². The van der Waals surface area contributed by atoms with E-state index in [4.69, 9.17) is 4.74 Å². The summed E-state index contributed by atoms with van der Waals surface area (Å²) in [5.41, 5.74) is 1.99. The SMILES string of the molecule is C=C(C)CN(CC)Cc1cnc(S(C)(=O)=O)n1C[C@H]1CCCO1. The lowest BCUT2D eigenvalue weighted by Crippen LogP contribution is -2.28. The maximum absolute atomic E-state index is 12.0. The first-order valence-electron chi connectivity index (χ1n) is 8.04. The quantitative estimate of drug-likeness (QED) is 0.675. The van der Waals surface area contributed by atoms with Crippen LogP contribution in [-0.4, -0.2) is 54.9 Å². The number of hydrogen-bond donors (Lipinski definition) is 0. The highest BCUT2D eigenvalue weighted by atomic mass is 32.2. The van der Waals surface area contributed by atoms with Crippen LogP contribution in [0, 0.1) is 0 Å². The van der Waals surface area contributed by atoms with E-state index in [0.717, 1.165) is 43.8 Å². The van der Waals surface area contributed by atoms with E-state index in [1.54, 1.807) is 6.20 Å². The van der Waals surface area contributed by atoms with Gasteiger partial charge in [-0.15, -0.1) is 0 Å². The lowest BCUT2D eigenvalue weighted by molar-refractivity contribution is 0.0934. The molecule has 1 atom stereocenters. The van der Waals surface area contributed by atoms with Crippen LogP contribution in [0.1, 0.15) is 32.4 Å². The highest BCUT2D eigenvalue weighted by Crippen LogP contribution is 2.20. The number of hydrogen-bond acceptors (Lipinski definition) is 5. The molecule has 6 nitrogen and oxygen atoms in total. The van der Waals surface area contributed by atoms with E-state index in [2.05, 4.69) is 23.4 Å². The molecular weight excluding hydrogens is 314 g/mol. The molecule has 1 aliphatic rings. The smallest absolute Gasteiger partial charge is 0.227 e. The molecule has 1 saturated heterocycles. The van der Waals surface area contributed by atoms with Crippen LogP contribution in [0.4, 0.5) is 0 Å². The third-order valence-electron chi connectivity index (χ3n) is 3.97. The van der Waals surface area contributed by atoms with Crippen LogP contribution in [0.15, 0.2) is 23.5 Å². The summed E-state index contributed by atoms with van der Waals surface area (Å²) in [5, 5.41) is 0.134. The second-order valence-electron chi connectivity index (χ2n) is 6.31. The fourth-order valence-electron chi connectivity index (χ4n) is 2.89. The first kappa shape index (κ1) is 18.2. The molecule has 0 amide bonds. The van der Waals surface area contributed by atoms with E-state index < -0.39 is 9.84 Å². The van der Waals surface area contributed by atoms with Gasteiger partial charge >= 0.3 is 0 Å². The number of sulfone groups is 1. The minimum Gasteiger partial charge on any atom is -0.376 e. The Kier molecular flexibility index (Phi) is 6.00. The van der Waals surface area contributed by atoms with Crippen molar-refractivity contribution < 1.29 is 13.2 Å². The van der Waals surface area contributed by atoms with Gasteiger partial charge in [-0.1, -0.05) is 19.1 Å². The Bertz CT molecular complexity index is 646. The molecule has 1 aromatic rings. The molecule has 0 radical (unpaired) electrons. The Morgan fingerprint density at radius 1 is 1.57 bits per heavy atom. The van der Waals surface area contributed by atoms with Gasteiger partial charge in [-0.05, 0) is 26.3 Å². The lowest BCUT2D eigenvalue weighted by Gasteiger charge is -2.22. The van der Waals surface area contributed by atoms with Gasteiger partial charge in [0.25, 0.3) is 0 Å². The van der Waals surface area contributed by atoms with Crippen LogP contribution in [0.3, 0.4) is 0 Å². The van der Waals surface area contributed by atoms with E-state index in [9.17, 15) is 8.42 Å². The van der Waals surface area contributed by atoms with Gasteiger partial charge < -0.3 is 9.30 Å². The molecular formula is C16H27N3O3S. The van der Waals surface area contributed by atoms with E-state index in [1.807, 2.05) is 11.5 Å². The average Bonchev–Trinajstić information content (AvgIpc) is 3.08. The summed E-state index contributed by atoms with van der Waals surface area (Å²) in [7, 11) is -3.36. The Morgan fingerprint density at radius 2 is 2.30 bits per heavy atom. The summed E-state index contributed by atoms with van der Waals surface area (Å²) < 4.78 is 31.5. The van der Waals surface area contributed by atoms with Gasteiger partial charge in [-0.3, -0.25) is 4.90 Å².